The third-order valence-electron chi connectivity index (χ3n) is 4.57. The zero-order valence-corrected chi connectivity index (χ0v) is 17.7. The molecule has 1 aliphatic rings. The Bertz CT molecular complexity index is 541. The molecule has 27 heavy (non-hydrogen) atoms. The molecule has 0 spiro atoms. The summed E-state index contributed by atoms with van der Waals surface area (Å²) in [6, 6.07) is 10.1. The monoisotopic (exact) mass is 389 g/mol. The molecule has 0 N–H and O–H groups in total. The Morgan fingerprint density at radius 1 is 1.19 bits per heavy atom. The lowest BCUT2D eigenvalue weighted by Gasteiger charge is -2.21. The third kappa shape index (κ3) is 9.23. The zero-order chi connectivity index (χ0) is 19.3. The minimum absolute atomic E-state index is 0.0754. The van der Waals surface area contributed by atoms with E-state index in [1.54, 1.807) is 0 Å². The highest BCUT2D eigenvalue weighted by atomic mass is 31.1. The van der Waals surface area contributed by atoms with E-state index in [4.69, 9.17) is 21.6 Å². The van der Waals surface area contributed by atoms with Crippen LogP contribution in [0.25, 0.3) is 0 Å². The summed E-state index contributed by atoms with van der Waals surface area (Å²) >= 11 is 0. The molecule has 1 aliphatic heterocycles. The van der Waals surface area contributed by atoms with Gasteiger partial charge in [-0.2, -0.15) is 0 Å². The Kier molecular flexibility index (Phi) is 11.0. The summed E-state index contributed by atoms with van der Waals surface area (Å²) in [7, 11) is 5.06. The van der Waals surface area contributed by atoms with E-state index in [0.29, 0.717) is 19.8 Å². The minimum atomic E-state index is -0.826. The van der Waals surface area contributed by atoms with Gasteiger partial charge in [0, 0.05) is 12.2 Å². The molecule has 0 saturated heterocycles. The van der Waals surface area contributed by atoms with Gasteiger partial charge in [0.15, 0.2) is 0 Å². The summed E-state index contributed by atoms with van der Waals surface area (Å²) in [4.78, 5) is 4.62. The summed E-state index contributed by atoms with van der Waals surface area (Å²) in [5, 5.41) is 0. The van der Waals surface area contributed by atoms with Gasteiger partial charge in [-0.15, -0.1) is 0 Å². The molecule has 2 radical (unpaired) electrons. The van der Waals surface area contributed by atoms with Crippen LogP contribution in [-0.2, 0) is 14.0 Å². The summed E-state index contributed by atoms with van der Waals surface area (Å²) < 4.78 is 17.5. The summed E-state index contributed by atoms with van der Waals surface area (Å²) in [5.74, 6) is 0.720. The SMILES string of the molecule is [B]P(C)O[C@H](CCCCCCC)CCOC[C@@H]1COC(c2ccccc2)=N1. The first kappa shape index (κ1) is 22.4. The Balaban J connectivity index is 1.64. The van der Waals surface area contributed by atoms with Crippen molar-refractivity contribution in [3.63, 3.8) is 0 Å². The molecular formula is C21H33BNO3P. The molecule has 0 saturated carbocycles. The maximum Gasteiger partial charge on any atom is 0.216 e. The molecule has 4 nitrogen and oxygen atoms in total. The Labute approximate surface area is 167 Å². The van der Waals surface area contributed by atoms with Crippen LogP contribution in [0, 0.1) is 0 Å². The topological polar surface area (TPSA) is 40.0 Å². The van der Waals surface area contributed by atoms with Crippen molar-refractivity contribution in [3.05, 3.63) is 35.9 Å². The molecule has 2 rings (SSSR count). The van der Waals surface area contributed by atoms with Gasteiger partial charge in [-0.1, -0.05) is 57.2 Å². The lowest BCUT2D eigenvalue weighted by atomic mass is 10.1. The highest BCUT2D eigenvalue weighted by molar-refractivity contribution is 7.77. The van der Waals surface area contributed by atoms with E-state index < -0.39 is 8.03 Å². The van der Waals surface area contributed by atoms with Crippen LogP contribution in [0.1, 0.15) is 57.4 Å². The lowest BCUT2D eigenvalue weighted by molar-refractivity contribution is 0.0812. The standard InChI is InChI=1S/C21H33BNO3P/c1-3-4-5-6-10-13-20(26-27(2)22)14-15-24-16-19-17-25-21(23-19)18-11-8-7-9-12-18/h7-9,11-12,19-20H,3-6,10,13-17H2,1-2H3/t19-,20-,27?/m1/s1. The maximum absolute atomic E-state index is 5.91. The minimum Gasteiger partial charge on any atom is -0.475 e. The second-order valence-electron chi connectivity index (χ2n) is 7.11. The second kappa shape index (κ2) is 13.3. The molecular weight excluding hydrogens is 356 g/mol. The van der Waals surface area contributed by atoms with E-state index in [0.717, 1.165) is 24.3 Å². The van der Waals surface area contributed by atoms with Crippen LogP contribution in [0.15, 0.2) is 35.3 Å². The summed E-state index contributed by atoms with van der Waals surface area (Å²) in [6.45, 7) is 6.05. The average molecular weight is 389 g/mol. The predicted octanol–water partition coefficient (Wildman–Crippen LogP) is 5.09. The van der Waals surface area contributed by atoms with E-state index in [1.165, 1.54) is 32.1 Å². The van der Waals surface area contributed by atoms with E-state index >= 15 is 0 Å². The van der Waals surface area contributed by atoms with Crippen LogP contribution in [0.3, 0.4) is 0 Å². The number of benzene rings is 1. The number of nitrogens with zero attached hydrogens (tertiary/aromatic N) is 1. The first-order valence-electron chi connectivity index (χ1n) is 10.2. The van der Waals surface area contributed by atoms with Gasteiger partial charge in [-0.05, 0) is 39.7 Å². The van der Waals surface area contributed by atoms with Crippen molar-refractivity contribution in [2.24, 2.45) is 4.99 Å². The number of hydrogen-bond acceptors (Lipinski definition) is 4. The highest BCUT2D eigenvalue weighted by Gasteiger charge is 2.20. The fourth-order valence-electron chi connectivity index (χ4n) is 3.13. The normalized spacial score (nSPS) is 18.7. The Morgan fingerprint density at radius 2 is 1.96 bits per heavy atom. The van der Waals surface area contributed by atoms with Crippen molar-refractivity contribution < 1.29 is 14.0 Å². The highest BCUT2D eigenvalue weighted by Crippen LogP contribution is 2.30. The summed E-state index contributed by atoms with van der Waals surface area (Å²) in [5.41, 5.74) is 1.02. The largest absolute Gasteiger partial charge is 0.475 e. The van der Waals surface area contributed by atoms with Crippen molar-refractivity contribution in [3.8, 4) is 0 Å². The molecule has 0 aromatic heterocycles. The molecule has 0 fully saturated rings. The van der Waals surface area contributed by atoms with Crippen LogP contribution in [-0.4, -0.2) is 52.1 Å². The van der Waals surface area contributed by atoms with Gasteiger partial charge in [0.25, 0.3) is 0 Å². The Morgan fingerprint density at radius 3 is 2.70 bits per heavy atom. The van der Waals surface area contributed by atoms with Crippen molar-refractivity contribution in [1.82, 2.24) is 0 Å². The van der Waals surface area contributed by atoms with Gasteiger partial charge in [-0.25, -0.2) is 4.99 Å². The van der Waals surface area contributed by atoms with Gasteiger partial charge in [0.05, 0.1) is 12.7 Å². The van der Waals surface area contributed by atoms with Gasteiger partial charge >= 0.3 is 0 Å². The first-order chi connectivity index (χ1) is 13.2. The number of unbranched alkanes of at least 4 members (excludes halogenated alkanes) is 4. The first-order valence-corrected chi connectivity index (χ1v) is 12.0. The van der Waals surface area contributed by atoms with Crippen LogP contribution in [0.5, 0.6) is 0 Å². The van der Waals surface area contributed by atoms with Gasteiger partial charge in [0.2, 0.25) is 5.90 Å². The second-order valence-corrected chi connectivity index (χ2v) is 8.41. The van der Waals surface area contributed by atoms with Gasteiger partial charge < -0.3 is 14.0 Å². The Hall–Kier alpha value is -0.895. The number of hydrogen-bond donors (Lipinski definition) is 0. The molecule has 1 aromatic carbocycles. The van der Waals surface area contributed by atoms with Crippen LogP contribution in [0.2, 0.25) is 0 Å². The number of aliphatic imine (C=N–C) groups is 1. The van der Waals surface area contributed by atoms with E-state index in [2.05, 4.69) is 11.9 Å². The third-order valence-corrected chi connectivity index (χ3v) is 5.20. The smallest absolute Gasteiger partial charge is 0.216 e. The van der Waals surface area contributed by atoms with Crippen molar-refractivity contribution in [2.75, 3.05) is 26.5 Å². The fraction of sp³-hybridized carbons (Fsp3) is 0.667. The van der Waals surface area contributed by atoms with E-state index in [9.17, 15) is 0 Å². The van der Waals surface area contributed by atoms with Crippen LogP contribution < -0.4 is 0 Å². The van der Waals surface area contributed by atoms with E-state index in [1.807, 2.05) is 37.0 Å². The average Bonchev–Trinajstić information content (AvgIpc) is 3.14. The molecule has 1 heterocycles. The number of ether oxygens (including phenoxy) is 2. The molecule has 1 aromatic rings. The fourth-order valence-corrected chi connectivity index (χ4v) is 3.82. The number of rotatable bonds is 14. The maximum atomic E-state index is 5.91. The predicted molar refractivity (Wildman–Crippen MR) is 115 cm³/mol. The lowest BCUT2D eigenvalue weighted by Crippen LogP contribution is -2.18. The molecule has 0 bridgehead atoms. The van der Waals surface area contributed by atoms with Gasteiger partial charge in [-0.3, -0.25) is 0 Å². The van der Waals surface area contributed by atoms with Crippen molar-refractivity contribution >= 4 is 21.5 Å². The zero-order valence-electron chi connectivity index (χ0n) is 16.8. The van der Waals surface area contributed by atoms with E-state index in [-0.39, 0.29) is 12.1 Å². The van der Waals surface area contributed by atoms with Crippen molar-refractivity contribution in [2.45, 2.75) is 64.0 Å². The van der Waals surface area contributed by atoms with Crippen molar-refractivity contribution in [1.29, 1.82) is 0 Å². The molecule has 0 aliphatic carbocycles. The molecule has 6 heteroatoms. The molecule has 148 valence electrons. The molecule has 0 amide bonds. The summed E-state index contributed by atoms with van der Waals surface area (Å²) in [6.07, 6.45) is 8.55. The van der Waals surface area contributed by atoms with Gasteiger partial charge in [0.1, 0.15) is 20.2 Å². The molecule has 1 unspecified atom stereocenters. The quantitative estimate of drug-likeness (QED) is 0.253. The van der Waals surface area contributed by atoms with Crippen LogP contribution >= 0.6 is 8.03 Å². The van der Waals surface area contributed by atoms with Crippen LogP contribution in [0.4, 0.5) is 0 Å². The molecule has 3 atom stereocenters.